The Morgan fingerprint density at radius 2 is 2.41 bits per heavy atom. The van der Waals surface area contributed by atoms with Crippen LogP contribution in [0.5, 0.6) is 0 Å². The fourth-order valence-electron chi connectivity index (χ4n) is 2.07. The standard InChI is InChI=1S/C11H17N3O2S/c1-3-8-6-14(5-4-13(8)2)11-12-9(7-17-11)10(15)16/h7-8H,3-6H2,1-2H3,(H,15,16). The normalized spacial score (nSPS) is 21.8. The molecule has 0 bridgehead atoms. The summed E-state index contributed by atoms with van der Waals surface area (Å²) >= 11 is 1.41. The first-order valence-corrected chi connectivity index (χ1v) is 6.63. The number of carboxylic acids is 1. The molecule has 0 spiro atoms. The second-order valence-corrected chi connectivity index (χ2v) is 5.15. The molecule has 1 saturated heterocycles. The molecule has 1 aromatic heterocycles. The Morgan fingerprint density at radius 3 is 3.00 bits per heavy atom. The van der Waals surface area contributed by atoms with Crippen LogP contribution in [-0.2, 0) is 0 Å². The SMILES string of the molecule is CCC1CN(c2nc(C(=O)O)cs2)CCN1C. The lowest BCUT2D eigenvalue weighted by atomic mass is 10.1. The summed E-state index contributed by atoms with van der Waals surface area (Å²) in [6.45, 7) is 5.02. The molecule has 0 aromatic carbocycles. The van der Waals surface area contributed by atoms with E-state index in [4.69, 9.17) is 5.11 Å². The second kappa shape index (κ2) is 5.01. The summed E-state index contributed by atoms with van der Waals surface area (Å²) in [5.74, 6) is -0.950. The van der Waals surface area contributed by atoms with Crippen LogP contribution in [0.2, 0.25) is 0 Å². The maximum absolute atomic E-state index is 10.8. The van der Waals surface area contributed by atoms with Gasteiger partial charge < -0.3 is 10.0 Å². The zero-order valence-corrected chi connectivity index (χ0v) is 10.9. The summed E-state index contributed by atoms with van der Waals surface area (Å²) < 4.78 is 0. The maximum atomic E-state index is 10.8. The molecule has 94 valence electrons. The zero-order valence-electron chi connectivity index (χ0n) is 10.1. The lowest BCUT2D eigenvalue weighted by molar-refractivity contribution is 0.0691. The fraction of sp³-hybridized carbons (Fsp3) is 0.636. The van der Waals surface area contributed by atoms with Gasteiger partial charge in [-0.1, -0.05) is 6.92 Å². The molecule has 1 unspecified atom stereocenters. The Hall–Kier alpha value is -1.14. The second-order valence-electron chi connectivity index (χ2n) is 4.31. The van der Waals surface area contributed by atoms with Crippen molar-refractivity contribution >= 4 is 22.4 Å². The van der Waals surface area contributed by atoms with Gasteiger partial charge in [0.25, 0.3) is 0 Å². The molecule has 1 atom stereocenters. The van der Waals surface area contributed by atoms with Crippen LogP contribution in [0.1, 0.15) is 23.8 Å². The van der Waals surface area contributed by atoms with E-state index in [1.54, 1.807) is 5.38 Å². The van der Waals surface area contributed by atoms with Gasteiger partial charge in [0.15, 0.2) is 10.8 Å². The Labute approximate surface area is 105 Å². The topological polar surface area (TPSA) is 56.7 Å². The number of nitrogens with zero attached hydrogens (tertiary/aromatic N) is 3. The highest BCUT2D eigenvalue weighted by atomic mass is 32.1. The van der Waals surface area contributed by atoms with Gasteiger partial charge in [-0.3, -0.25) is 4.90 Å². The Bertz CT molecular complexity index is 407. The van der Waals surface area contributed by atoms with Gasteiger partial charge in [-0.15, -0.1) is 11.3 Å². The molecular formula is C11H17N3O2S. The number of aromatic carboxylic acids is 1. The van der Waals surface area contributed by atoms with Crippen LogP contribution in [0, 0.1) is 0 Å². The number of rotatable bonds is 3. The minimum atomic E-state index is -0.950. The first-order chi connectivity index (χ1) is 8.11. The minimum Gasteiger partial charge on any atom is -0.476 e. The van der Waals surface area contributed by atoms with E-state index in [9.17, 15) is 4.79 Å². The van der Waals surface area contributed by atoms with Crippen molar-refractivity contribution in [3.63, 3.8) is 0 Å². The van der Waals surface area contributed by atoms with E-state index in [2.05, 4.69) is 28.8 Å². The summed E-state index contributed by atoms with van der Waals surface area (Å²) in [5, 5.41) is 11.3. The van der Waals surface area contributed by atoms with E-state index < -0.39 is 5.97 Å². The van der Waals surface area contributed by atoms with E-state index in [0.717, 1.165) is 31.2 Å². The lowest BCUT2D eigenvalue weighted by Crippen LogP contribution is -2.51. The molecular weight excluding hydrogens is 238 g/mol. The van der Waals surface area contributed by atoms with E-state index in [1.807, 2.05) is 0 Å². The van der Waals surface area contributed by atoms with Crippen molar-refractivity contribution in [2.45, 2.75) is 19.4 Å². The van der Waals surface area contributed by atoms with Crippen LogP contribution >= 0.6 is 11.3 Å². The minimum absolute atomic E-state index is 0.150. The van der Waals surface area contributed by atoms with Crippen LogP contribution in [0.15, 0.2) is 5.38 Å². The van der Waals surface area contributed by atoms with Gasteiger partial charge in [0.05, 0.1) is 0 Å². The first-order valence-electron chi connectivity index (χ1n) is 5.75. The molecule has 2 rings (SSSR count). The molecule has 1 aromatic rings. The molecule has 1 aliphatic heterocycles. The van der Waals surface area contributed by atoms with Gasteiger partial charge >= 0.3 is 5.97 Å². The number of carboxylic acid groups (broad SMARTS) is 1. The number of likely N-dealkylation sites (N-methyl/N-ethyl adjacent to an activating group) is 1. The Balaban J connectivity index is 2.09. The van der Waals surface area contributed by atoms with E-state index in [1.165, 1.54) is 11.3 Å². The van der Waals surface area contributed by atoms with Gasteiger partial charge in [0.1, 0.15) is 0 Å². The molecule has 0 saturated carbocycles. The van der Waals surface area contributed by atoms with E-state index >= 15 is 0 Å². The smallest absolute Gasteiger partial charge is 0.355 e. The van der Waals surface area contributed by atoms with Crippen molar-refractivity contribution in [1.82, 2.24) is 9.88 Å². The first kappa shape index (κ1) is 12.3. The summed E-state index contributed by atoms with van der Waals surface area (Å²) in [6, 6.07) is 0.529. The third-order valence-electron chi connectivity index (χ3n) is 3.23. The molecule has 0 aliphatic carbocycles. The van der Waals surface area contributed by atoms with Gasteiger partial charge in [-0.05, 0) is 13.5 Å². The summed E-state index contributed by atoms with van der Waals surface area (Å²) in [7, 11) is 2.13. The number of carbonyl (C=O) groups is 1. The molecule has 6 heteroatoms. The highest BCUT2D eigenvalue weighted by Crippen LogP contribution is 2.23. The zero-order chi connectivity index (χ0) is 12.4. The van der Waals surface area contributed by atoms with E-state index in [0.29, 0.717) is 6.04 Å². The monoisotopic (exact) mass is 255 g/mol. The number of anilines is 1. The predicted molar refractivity (Wildman–Crippen MR) is 68.0 cm³/mol. The van der Waals surface area contributed by atoms with Crippen molar-refractivity contribution in [2.24, 2.45) is 0 Å². The largest absolute Gasteiger partial charge is 0.476 e. The van der Waals surface area contributed by atoms with Gasteiger partial charge in [0, 0.05) is 31.1 Å². The van der Waals surface area contributed by atoms with Crippen molar-refractivity contribution in [2.75, 3.05) is 31.6 Å². The molecule has 1 N–H and O–H groups in total. The molecule has 1 aliphatic rings. The third kappa shape index (κ3) is 2.58. The summed E-state index contributed by atoms with van der Waals surface area (Å²) in [6.07, 6.45) is 1.10. The highest BCUT2D eigenvalue weighted by Gasteiger charge is 2.25. The molecule has 0 amide bonds. The van der Waals surface area contributed by atoms with Crippen LogP contribution in [-0.4, -0.2) is 53.7 Å². The number of thiazole rings is 1. The number of hydrogen-bond acceptors (Lipinski definition) is 5. The van der Waals surface area contributed by atoms with Crippen molar-refractivity contribution < 1.29 is 9.90 Å². The van der Waals surface area contributed by atoms with Crippen molar-refractivity contribution in [1.29, 1.82) is 0 Å². The van der Waals surface area contributed by atoms with Crippen LogP contribution < -0.4 is 4.90 Å². The molecule has 2 heterocycles. The highest BCUT2D eigenvalue weighted by molar-refractivity contribution is 7.13. The van der Waals surface area contributed by atoms with E-state index in [-0.39, 0.29) is 5.69 Å². The van der Waals surface area contributed by atoms with Gasteiger partial charge in [0.2, 0.25) is 0 Å². The van der Waals surface area contributed by atoms with Crippen LogP contribution in [0.3, 0.4) is 0 Å². The van der Waals surface area contributed by atoms with Gasteiger partial charge in [-0.2, -0.15) is 0 Å². The van der Waals surface area contributed by atoms with Crippen LogP contribution in [0.25, 0.3) is 0 Å². The van der Waals surface area contributed by atoms with Crippen molar-refractivity contribution in [3.05, 3.63) is 11.1 Å². The molecule has 0 radical (unpaired) electrons. The average Bonchev–Trinajstić information content (AvgIpc) is 2.79. The Morgan fingerprint density at radius 1 is 1.65 bits per heavy atom. The fourth-order valence-corrected chi connectivity index (χ4v) is 2.90. The quantitative estimate of drug-likeness (QED) is 0.884. The predicted octanol–water partition coefficient (Wildman–Crippen LogP) is 1.37. The number of hydrogen-bond donors (Lipinski definition) is 1. The van der Waals surface area contributed by atoms with Crippen molar-refractivity contribution in [3.8, 4) is 0 Å². The third-order valence-corrected chi connectivity index (χ3v) is 4.13. The lowest BCUT2D eigenvalue weighted by Gasteiger charge is -2.38. The molecule has 17 heavy (non-hydrogen) atoms. The summed E-state index contributed by atoms with van der Waals surface area (Å²) in [4.78, 5) is 19.5. The van der Waals surface area contributed by atoms with Crippen LogP contribution in [0.4, 0.5) is 5.13 Å². The number of piperazine rings is 1. The molecule has 5 nitrogen and oxygen atoms in total. The average molecular weight is 255 g/mol. The summed E-state index contributed by atoms with van der Waals surface area (Å²) in [5.41, 5.74) is 0.150. The Kier molecular flexibility index (Phi) is 3.63. The molecule has 1 fully saturated rings. The number of aromatic nitrogens is 1. The maximum Gasteiger partial charge on any atom is 0.355 e. The van der Waals surface area contributed by atoms with Gasteiger partial charge in [-0.25, -0.2) is 9.78 Å².